The molecule has 0 bridgehead atoms. The van der Waals surface area contributed by atoms with Crippen LogP contribution in [-0.4, -0.2) is 30.2 Å². The van der Waals surface area contributed by atoms with E-state index in [4.69, 9.17) is 0 Å². The van der Waals surface area contributed by atoms with E-state index < -0.39 is 12.0 Å². The van der Waals surface area contributed by atoms with E-state index in [0.717, 1.165) is 6.42 Å². The molecule has 1 atom stereocenters. The average Bonchev–Trinajstić information content (AvgIpc) is 2.47. The van der Waals surface area contributed by atoms with Gasteiger partial charge in [-0.25, -0.2) is 0 Å². The number of methoxy groups -OCH3 is 1. The van der Waals surface area contributed by atoms with Crippen LogP contribution in [0.2, 0.25) is 0 Å². The quantitative estimate of drug-likeness (QED) is 0.564. The molecule has 0 aliphatic rings. The van der Waals surface area contributed by atoms with E-state index in [1.54, 1.807) is 12.1 Å². The number of carbonyl (C=O) groups is 2. The van der Waals surface area contributed by atoms with Crippen molar-refractivity contribution >= 4 is 17.6 Å². The van der Waals surface area contributed by atoms with Crippen LogP contribution in [0.3, 0.4) is 0 Å². The van der Waals surface area contributed by atoms with Crippen LogP contribution in [-0.2, 0) is 14.3 Å². The molecule has 0 aliphatic heterocycles. The minimum absolute atomic E-state index is 0.229. The van der Waals surface area contributed by atoms with Gasteiger partial charge in [0.05, 0.1) is 7.11 Å². The highest BCUT2D eigenvalue weighted by Gasteiger charge is 2.14. The minimum Gasteiger partial charge on any atom is -0.469 e. The molecule has 20 heavy (non-hydrogen) atoms. The number of carbonyl (C=O) groups excluding carboxylic acids is 2. The fourth-order valence-corrected chi connectivity index (χ4v) is 1.76. The van der Waals surface area contributed by atoms with Crippen LogP contribution in [0.1, 0.15) is 32.1 Å². The van der Waals surface area contributed by atoms with E-state index in [1.165, 1.54) is 7.11 Å². The first-order chi connectivity index (χ1) is 9.63. The number of amides is 1. The van der Waals surface area contributed by atoms with Crippen LogP contribution in [0, 0.1) is 0 Å². The molecule has 5 heteroatoms. The molecule has 0 saturated heterocycles. The molecule has 5 nitrogen and oxygen atoms in total. The third kappa shape index (κ3) is 6.33. The van der Waals surface area contributed by atoms with Gasteiger partial charge in [-0.05, 0) is 25.0 Å². The molecule has 2 N–H and O–H groups in total. The predicted molar refractivity (Wildman–Crippen MR) is 76.2 cm³/mol. The van der Waals surface area contributed by atoms with Gasteiger partial charge in [0.2, 0.25) is 0 Å². The third-order valence-corrected chi connectivity index (χ3v) is 2.93. The summed E-state index contributed by atoms with van der Waals surface area (Å²) >= 11 is 0. The molecule has 0 radical (unpaired) electrons. The monoisotopic (exact) mass is 279 g/mol. The summed E-state index contributed by atoms with van der Waals surface area (Å²) in [6, 6.07) is 9.01. The summed E-state index contributed by atoms with van der Waals surface area (Å²) in [5.74, 6) is -0.628. The molecule has 1 amide bonds. The van der Waals surface area contributed by atoms with E-state index in [-0.39, 0.29) is 5.97 Å². The first kappa shape index (κ1) is 16.2. The molecule has 1 rings (SSSR count). The molecule has 0 saturated carbocycles. The van der Waals surface area contributed by atoms with Crippen LogP contribution in [0.4, 0.5) is 5.69 Å². The third-order valence-electron chi connectivity index (χ3n) is 2.93. The molecule has 110 valence electrons. The number of hydrogen-bond acceptors (Lipinski definition) is 4. The molecule has 0 heterocycles. The van der Waals surface area contributed by atoms with Gasteiger partial charge in [0.1, 0.15) is 6.10 Å². The maximum atomic E-state index is 11.7. The van der Waals surface area contributed by atoms with Crippen molar-refractivity contribution in [3.63, 3.8) is 0 Å². The standard InChI is InChI=1S/C15H21NO4/c1-20-14(18)11-7-3-6-10-13(17)15(19)16-12-8-4-2-5-9-12/h2,4-5,8-9,13,17H,3,6-7,10-11H2,1H3,(H,16,19)/t13-/m0/s1. The second-order valence-electron chi connectivity index (χ2n) is 4.55. The molecular weight excluding hydrogens is 258 g/mol. The summed E-state index contributed by atoms with van der Waals surface area (Å²) in [6.07, 6.45) is 1.93. The Morgan fingerprint density at radius 3 is 2.55 bits per heavy atom. The fourth-order valence-electron chi connectivity index (χ4n) is 1.76. The Labute approximate surface area is 118 Å². The molecule has 0 fully saturated rings. The number of anilines is 1. The molecule has 0 aromatic heterocycles. The van der Waals surface area contributed by atoms with Gasteiger partial charge in [-0.1, -0.05) is 31.0 Å². The molecule has 0 spiro atoms. The number of esters is 1. The zero-order valence-corrected chi connectivity index (χ0v) is 11.7. The topological polar surface area (TPSA) is 75.6 Å². The normalized spacial score (nSPS) is 11.7. The Kier molecular flexibility index (Phi) is 7.35. The number of hydrogen-bond donors (Lipinski definition) is 2. The van der Waals surface area contributed by atoms with Crippen LogP contribution < -0.4 is 5.32 Å². The van der Waals surface area contributed by atoms with E-state index in [9.17, 15) is 14.7 Å². The Morgan fingerprint density at radius 2 is 1.90 bits per heavy atom. The number of unbranched alkanes of at least 4 members (excludes halogenated alkanes) is 2. The summed E-state index contributed by atoms with van der Waals surface area (Å²) in [7, 11) is 1.36. The predicted octanol–water partition coefficient (Wildman–Crippen LogP) is 2.11. The molecular formula is C15H21NO4. The summed E-state index contributed by atoms with van der Waals surface area (Å²) in [5, 5.41) is 12.4. The number of para-hydroxylation sites is 1. The second-order valence-corrected chi connectivity index (χ2v) is 4.55. The number of rotatable bonds is 8. The van der Waals surface area contributed by atoms with Gasteiger partial charge < -0.3 is 15.2 Å². The maximum absolute atomic E-state index is 11.7. The van der Waals surface area contributed by atoms with Gasteiger partial charge in [-0.15, -0.1) is 0 Å². The molecule has 0 aliphatic carbocycles. The lowest BCUT2D eigenvalue weighted by Gasteiger charge is -2.11. The Morgan fingerprint density at radius 1 is 1.20 bits per heavy atom. The Balaban J connectivity index is 2.17. The Hall–Kier alpha value is -1.88. The SMILES string of the molecule is COC(=O)CCCCC[C@H](O)C(=O)Nc1ccccc1. The smallest absolute Gasteiger partial charge is 0.305 e. The van der Waals surface area contributed by atoms with Gasteiger partial charge in [0, 0.05) is 12.1 Å². The lowest BCUT2D eigenvalue weighted by atomic mass is 10.1. The van der Waals surface area contributed by atoms with Crippen molar-refractivity contribution < 1.29 is 19.4 Å². The first-order valence-electron chi connectivity index (χ1n) is 6.74. The van der Waals surface area contributed by atoms with Crippen molar-refractivity contribution in [1.82, 2.24) is 0 Å². The largest absolute Gasteiger partial charge is 0.469 e. The van der Waals surface area contributed by atoms with Gasteiger partial charge >= 0.3 is 5.97 Å². The fraction of sp³-hybridized carbons (Fsp3) is 0.467. The van der Waals surface area contributed by atoms with E-state index in [2.05, 4.69) is 10.1 Å². The van der Waals surface area contributed by atoms with Crippen molar-refractivity contribution in [2.75, 3.05) is 12.4 Å². The van der Waals surface area contributed by atoms with Crippen LogP contribution >= 0.6 is 0 Å². The highest BCUT2D eigenvalue weighted by Crippen LogP contribution is 2.10. The molecule has 1 aromatic rings. The first-order valence-corrected chi connectivity index (χ1v) is 6.74. The second kappa shape index (κ2) is 9.09. The minimum atomic E-state index is -1.02. The van der Waals surface area contributed by atoms with Crippen LogP contribution in [0.15, 0.2) is 30.3 Å². The zero-order valence-electron chi connectivity index (χ0n) is 11.7. The van der Waals surface area contributed by atoms with E-state index in [0.29, 0.717) is 31.4 Å². The zero-order chi connectivity index (χ0) is 14.8. The number of aliphatic hydroxyl groups is 1. The van der Waals surface area contributed by atoms with Crippen molar-refractivity contribution in [2.24, 2.45) is 0 Å². The molecule has 0 unspecified atom stereocenters. The lowest BCUT2D eigenvalue weighted by Crippen LogP contribution is -2.27. The molecule has 1 aromatic carbocycles. The van der Waals surface area contributed by atoms with E-state index >= 15 is 0 Å². The summed E-state index contributed by atoms with van der Waals surface area (Å²) < 4.78 is 4.53. The van der Waals surface area contributed by atoms with Gasteiger partial charge in [0.15, 0.2) is 0 Å². The number of benzene rings is 1. The van der Waals surface area contributed by atoms with E-state index in [1.807, 2.05) is 18.2 Å². The van der Waals surface area contributed by atoms with Crippen molar-refractivity contribution in [2.45, 2.75) is 38.2 Å². The van der Waals surface area contributed by atoms with Crippen molar-refractivity contribution in [3.05, 3.63) is 30.3 Å². The highest BCUT2D eigenvalue weighted by atomic mass is 16.5. The van der Waals surface area contributed by atoms with Crippen molar-refractivity contribution in [1.29, 1.82) is 0 Å². The van der Waals surface area contributed by atoms with Gasteiger partial charge in [-0.3, -0.25) is 9.59 Å². The van der Waals surface area contributed by atoms with Crippen molar-refractivity contribution in [3.8, 4) is 0 Å². The number of aliphatic hydroxyl groups excluding tert-OH is 1. The summed E-state index contributed by atoms with van der Waals surface area (Å²) in [5.41, 5.74) is 0.669. The van der Waals surface area contributed by atoms with Crippen LogP contribution in [0.25, 0.3) is 0 Å². The van der Waals surface area contributed by atoms with Gasteiger partial charge in [-0.2, -0.15) is 0 Å². The lowest BCUT2D eigenvalue weighted by molar-refractivity contribution is -0.140. The van der Waals surface area contributed by atoms with Gasteiger partial charge in [0.25, 0.3) is 5.91 Å². The summed E-state index contributed by atoms with van der Waals surface area (Å²) in [6.45, 7) is 0. The Bertz CT molecular complexity index is 419. The highest BCUT2D eigenvalue weighted by molar-refractivity contribution is 5.93. The maximum Gasteiger partial charge on any atom is 0.305 e. The number of nitrogens with one attached hydrogen (secondary N) is 1. The number of ether oxygens (including phenoxy) is 1. The van der Waals surface area contributed by atoms with Crippen LogP contribution in [0.5, 0.6) is 0 Å². The average molecular weight is 279 g/mol. The summed E-state index contributed by atoms with van der Waals surface area (Å²) in [4.78, 5) is 22.6.